The molecule has 0 unspecified atom stereocenters. The first-order valence-corrected chi connectivity index (χ1v) is 8.30. The molecule has 0 bridgehead atoms. The molecule has 0 saturated carbocycles. The van der Waals surface area contributed by atoms with Crippen molar-refractivity contribution in [2.45, 2.75) is 45.8 Å². The first-order valence-electron chi connectivity index (χ1n) is 8.30. The van der Waals surface area contributed by atoms with Crippen molar-refractivity contribution in [2.75, 3.05) is 19.4 Å². The van der Waals surface area contributed by atoms with Gasteiger partial charge in [-0.25, -0.2) is 0 Å². The first-order chi connectivity index (χ1) is 11.6. The summed E-state index contributed by atoms with van der Waals surface area (Å²) in [6.45, 7) is 9.79. The van der Waals surface area contributed by atoms with Gasteiger partial charge in [0.05, 0.1) is 24.0 Å². The van der Waals surface area contributed by atoms with E-state index in [1.165, 1.54) is 6.92 Å². The fraction of sp³-hybridized carbons (Fsp3) is 0.500. The molecular weight excluding hydrogens is 319 g/mol. The summed E-state index contributed by atoms with van der Waals surface area (Å²) in [4.78, 5) is 11.4. The molecule has 1 fully saturated rings. The van der Waals surface area contributed by atoms with Crippen molar-refractivity contribution in [3.63, 3.8) is 0 Å². The Morgan fingerprint density at radius 3 is 2.40 bits per heavy atom. The number of hydrogen-bond acceptors (Lipinski definition) is 5. The maximum atomic E-state index is 11.4. The zero-order valence-corrected chi connectivity index (χ0v) is 15.8. The Balaban J connectivity index is 2.35. The lowest BCUT2D eigenvalue weighted by Crippen LogP contribution is -2.41. The second-order valence-electron chi connectivity index (χ2n) is 7.22. The number of carbonyl (C=O) groups excluding carboxylic acids is 1. The number of amides is 1. The van der Waals surface area contributed by atoms with Crippen molar-refractivity contribution in [2.24, 2.45) is 0 Å². The normalized spacial score (nSPS) is 19.0. The lowest BCUT2D eigenvalue weighted by atomic mass is 9.77. The quantitative estimate of drug-likeness (QED) is 0.632. The maximum absolute atomic E-state index is 11.4. The van der Waals surface area contributed by atoms with Gasteiger partial charge < -0.3 is 25.1 Å². The molecule has 1 heterocycles. The fourth-order valence-corrected chi connectivity index (χ4v) is 2.45. The van der Waals surface area contributed by atoms with Crippen LogP contribution in [0.1, 0.15) is 40.2 Å². The van der Waals surface area contributed by atoms with Crippen molar-refractivity contribution < 1.29 is 18.8 Å². The van der Waals surface area contributed by atoms with E-state index < -0.39 is 18.3 Å². The highest BCUT2D eigenvalue weighted by molar-refractivity contribution is 6.56. The molecule has 25 heavy (non-hydrogen) atoms. The Morgan fingerprint density at radius 1 is 1.28 bits per heavy atom. The monoisotopic (exact) mass is 346 g/mol. The predicted molar refractivity (Wildman–Crippen MR) is 100 cm³/mol. The van der Waals surface area contributed by atoms with Crippen LogP contribution in [0.25, 0.3) is 6.08 Å². The zero-order valence-electron chi connectivity index (χ0n) is 15.8. The average Bonchev–Trinajstić information content (AvgIpc) is 2.73. The minimum atomic E-state index is -0.541. The van der Waals surface area contributed by atoms with Crippen molar-refractivity contribution in [3.8, 4) is 5.75 Å². The van der Waals surface area contributed by atoms with E-state index in [1.54, 1.807) is 13.2 Å². The Kier molecular flexibility index (Phi) is 5.49. The minimum absolute atomic E-state index is 0.114. The number of methoxy groups -OCH3 is 1. The van der Waals surface area contributed by atoms with Gasteiger partial charge in [-0.2, -0.15) is 0 Å². The van der Waals surface area contributed by atoms with E-state index in [0.29, 0.717) is 18.0 Å². The minimum Gasteiger partial charge on any atom is -0.495 e. The topological polar surface area (TPSA) is 82.8 Å². The summed E-state index contributed by atoms with van der Waals surface area (Å²) in [6.07, 6.45) is 1.93. The first kappa shape index (κ1) is 19.3. The van der Waals surface area contributed by atoms with Crippen LogP contribution in [0.2, 0.25) is 0 Å². The summed E-state index contributed by atoms with van der Waals surface area (Å²) in [5.41, 5.74) is 7.24. The highest BCUT2D eigenvalue weighted by Crippen LogP contribution is 2.38. The van der Waals surface area contributed by atoms with Gasteiger partial charge in [0.25, 0.3) is 0 Å². The molecule has 7 heteroatoms. The number of benzene rings is 1. The second-order valence-corrected chi connectivity index (χ2v) is 7.22. The Bertz CT molecular complexity index is 670. The molecule has 1 aliphatic heterocycles. The van der Waals surface area contributed by atoms with Crippen LogP contribution in [0, 0.1) is 0 Å². The smallest absolute Gasteiger partial charge is 0.492 e. The highest BCUT2D eigenvalue weighted by Gasteiger charge is 2.52. The van der Waals surface area contributed by atoms with E-state index in [9.17, 15) is 4.79 Å². The number of hydrogen-bond donors (Lipinski definition) is 2. The van der Waals surface area contributed by atoms with Crippen molar-refractivity contribution >= 4 is 24.8 Å². The van der Waals surface area contributed by atoms with E-state index in [4.69, 9.17) is 19.8 Å². The van der Waals surface area contributed by atoms with Gasteiger partial charge in [-0.3, -0.25) is 4.79 Å². The molecule has 1 amide bonds. The standard InChI is InChI=1S/C18H27BN2O4/c1-12(22)21-11-14(19-24-17(2,3)18(4,5)25-19)9-13-7-8-15(20)16(10-13)23-6/h7-10H,11,20H2,1-6H3,(H,21,22). The third kappa shape index (κ3) is 4.35. The lowest BCUT2D eigenvalue weighted by molar-refractivity contribution is -0.118. The van der Waals surface area contributed by atoms with Gasteiger partial charge in [-0.15, -0.1) is 0 Å². The molecule has 1 aliphatic rings. The van der Waals surface area contributed by atoms with E-state index in [1.807, 2.05) is 45.9 Å². The summed E-state index contributed by atoms with van der Waals surface area (Å²) in [7, 11) is 1.03. The molecule has 0 radical (unpaired) electrons. The number of nitrogens with two attached hydrogens (primary N) is 1. The van der Waals surface area contributed by atoms with Crippen molar-refractivity contribution in [1.29, 1.82) is 0 Å². The molecule has 136 valence electrons. The van der Waals surface area contributed by atoms with Crippen LogP contribution in [-0.2, 0) is 14.1 Å². The van der Waals surface area contributed by atoms with E-state index in [0.717, 1.165) is 11.0 Å². The molecule has 3 N–H and O–H groups in total. The predicted octanol–water partition coefficient (Wildman–Crippen LogP) is 2.43. The highest BCUT2D eigenvalue weighted by atomic mass is 16.7. The molecule has 1 aromatic carbocycles. The molecule has 2 rings (SSSR count). The van der Waals surface area contributed by atoms with Crippen LogP contribution in [0.3, 0.4) is 0 Å². The SMILES string of the molecule is COc1cc(C=C(CNC(C)=O)B2OC(C)(C)C(C)(C)O2)ccc1N. The number of rotatable bonds is 5. The third-order valence-corrected chi connectivity index (χ3v) is 4.71. The van der Waals surface area contributed by atoms with Gasteiger partial charge in [0.1, 0.15) is 5.75 Å². The summed E-state index contributed by atoms with van der Waals surface area (Å²) in [6, 6.07) is 5.51. The Labute approximate surface area is 149 Å². The molecule has 0 spiro atoms. The van der Waals surface area contributed by atoms with E-state index in [2.05, 4.69) is 5.32 Å². The third-order valence-electron chi connectivity index (χ3n) is 4.71. The van der Waals surface area contributed by atoms with Gasteiger partial charge in [0.15, 0.2) is 0 Å². The van der Waals surface area contributed by atoms with Crippen LogP contribution < -0.4 is 15.8 Å². The molecule has 1 aromatic rings. The second kappa shape index (κ2) is 7.10. The summed E-state index contributed by atoms with van der Waals surface area (Å²) < 4.78 is 17.5. The largest absolute Gasteiger partial charge is 0.495 e. The van der Waals surface area contributed by atoms with E-state index >= 15 is 0 Å². The van der Waals surface area contributed by atoms with Crippen LogP contribution in [0.15, 0.2) is 23.7 Å². The summed E-state index contributed by atoms with van der Waals surface area (Å²) in [5, 5.41) is 2.81. The van der Waals surface area contributed by atoms with Crippen LogP contribution >= 0.6 is 0 Å². The average molecular weight is 346 g/mol. The van der Waals surface area contributed by atoms with Gasteiger partial charge in [-0.1, -0.05) is 12.1 Å². The molecular formula is C18H27BN2O4. The molecule has 0 aromatic heterocycles. The summed E-state index contributed by atoms with van der Waals surface area (Å²) >= 11 is 0. The lowest BCUT2D eigenvalue weighted by Gasteiger charge is -2.32. The number of ether oxygens (including phenoxy) is 1. The van der Waals surface area contributed by atoms with Gasteiger partial charge >= 0.3 is 7.12 Å². The molecule has 0 aliphatic carbocycles. The molecule has 1 saturated heterocycles. The number of carbonyl (C=O) groups is 1. The van der Waals surface area contributed by atoms with E-state index in [-0.39, 0.29) is 5.91 Å². The number of anilines is 1. The Morgan fingerprint density at radius 2 is 1.88 bits per heavy atom. The fourth-order valence-electron chi connectivity index (χ4n) is 2.45. The number of nitrogen functional groups attached to an aromatic ring is 1. The van der Waals surface area contributed by atoms with Crippen LogP contribution in [-0.4, -0.2) is 37.9 Å². The van der Waals surface area contributed by atoms with Crippen LogP contribution in [0.5, 0.6) is 5.75 Å². The van der Waals surface area contributed by atoms with Crippen molar-refractivity contribution in [1.82, 2.24) is 5.32 Å². The van der Waals surface area contributed by atoms with Gasteiger partial charge in [0, 0.05) is 13.5 Å². The zero-order chi connectivity index (χ0) is 18.8. The maximum Gasteiger partial charge on any atom is 0.492 e. The Hall–Kier alpha value is -1.99. The van der Waals surface area contributed by atoms with Crippen molar-refractivity contribution in [3.05, 3.63) is 29.2 Å². The summed E-state index contributed by atoms with van der Waals surface area (Å²) in [5.74, 6) is 0.485. The number of nitrogens with one attached hydrogen (secondary N) is 1. The van der Waals surface area contributed by atoms with Gasteiger partial charge in [0.2, 0.25) is 5.91 Å². The van der Waals surface area contributed by atoms with Gasteiger partial charge in [-0.05, 0) is 50.9 Å². The molecule has 6 nitrogen and oxygen atoms in total. The van der Waals surface area contributed by atoms with Crippen LogP contribution in [0.4, 0.5) is 5.69 Å². The molecule has 0 atom stereocenters.